The van der Waals surface area contributed by atoms with Gasteiger partial charge >= 0.3 is 0 Å². The maximum absolute atomic E-state index is 12.1. The number of nitrogens with one attached hydrogen (secondary N) is 2. The van der Waals surface area contributed by atoms with E-state index in [-0.39, 0.29) is 11.6 Å². The third-order valence-corrected chi connectivity index (χ3v) is 3.93. The Morgan fingerprint density at radius 3 is 2.30 bits per heavy atom. The van der Waals surface area contributed by atoms with Gasteiger partial charge in [0.25, 0.3) is 0 Å². The molecular formula is C14H15N3O2S. The molecular weight excluding hydrogens is 274 g/mol. The molecule has 0 saturated heterocycles. The maximum atomic E-state index is 12.1. The van der Waals surface area contributed by atoms with E-state index in [1.807, 2.05) is 6.07 Å². The molecule has 6 heteroatoms. The number of para-hydroxylation sites is 1. The van der Waals surface area contributed by atoms with Gasteiger partial charge in [0.15, 0.2) is 0 Å². The summed E-state index contributed by atoms with van der Waals surface area (Å²) >= 11 is 0. The zero-order chi connectivity index (χ0) is 14.6. The lowest BCUT2D eigenvalue weighted by molar-refractivity contribution is 0.600. The van der Waals surface area contributed by atoms with Gasteiger partial charge in [-0.15, -0.1) is 0 Å². The summed E-state index contributed by atoms with van der Waals surface area (Å²) in [5.41, 5.74) is 6.81. The highest BCUT2D eigenvalue weighted by Crippen LogP contribution is 2.17. The summed E-state index contributed by atoms with van der Waals surface area (Å²) in [7, 11) is -3.55. The molecule has 0 fully saturated rings. The molecule has 0 aliphatic heterocycles. The van der Waals surface area contributed by atoms with Crippen LogP contribution in [-0.2, 0) is 15.8 Å². The SMILES string of the molecule is N=C(N)c1ccccc1NS(=O)(=O)Cc1ccccc1. The number of nitrogens with two attached hydrogens (primary N) is 1. The molecule has 0 bridgehead atoms. The number of benzene rings is 2. The van der Waals surface area contributed by atoms with E-state index < -0.39 is 10.0 Å². The van der Waals surface area contributed by atoms with E-state index in [1.165, 1.54) is 0 Å². The van der Waals surface area contributed by atoms with Gasteiger partial charge in [-0.2, -0.15) is 0 Å². The van der Waals surface area contributed by atoms with Crippen LogP contribution in [0.2, 0.25) is 0 Å². The fourth-order valence-electron chi connectivity index (χ4n) is 1.80. The second-order valence-corrected chi connectivity index (χ2v) is 6.03. The van der Waals surface area contributed by atoms with Crippen LogP contribution < -0.4 is 10.5 Å². The van der Waals surface area contributed by atoms with Crippen molar-refractivity contribution in [2.45, 2.75) is 5.75 Å². The second kappa shape index (κ2) is 5.75. The number of rotatable bonds is 5. The highest BCUT2D eigenvalue weighted by Gasteiger charge is 2.14. The van der Waals surface area contributed by atoms with Crippen molar-refractivity contribution in [2.24, 2.45) is 5.73 Å². The Bertz CT molecular complexity index is 712. The Morgan fingerprint density at radius 2 is 1.65 bits per heavy atom. The molecule has 0 amide bonds. The van der Waals surface area contributed by atoms with Crippen molar-refractivity contribution in [1.29, 1.82) is 5.41 Å². The Kier molecular flexibility index (Phi) is 4.05. The summed E-state index contributed by atoms with van der Waals surface area (Å²) < 4.78 is 26.7. The van der Waals surface area contributed by atoms with Crippen LogP contribution in [0.1, 0.15) is 11.1 Å². The zero-order valence-electron chi connectivity index (χ0n) is 10.7. The lowest BCUT2D eigenvalue weighted by atomic mass is 10.2. The first-order valence-corrected chi connectivity index (χ1v) is 7.61. The minimum atomic E-state index is -3.55. The first-order valence-electron chi connectivity index (χ1n) is 5.96. The van der Waals surface area contributed by atoms with E-state index in [9.17, 15) is 8.42 Å². The van der Waals surface area contributed by atoms with Gasteiger partial charge in [-0.3, -0.25) is 10.1 Å². The molecule has 20 heavy (non-hydrogen) atoms. The fourth-order valence-corrected chi connectivity index (χ4v) is 3.02. The van der Waals surface area contributed by atoms with Crippen LogP contribution in [-0.4, -0.2) is 14.3 Å². The standard InChI is InChI=1S/C14H15N3O2S/c15-14(16)12-8-4-5-9-13(12)17-20(18,19)10-11-6-2-1-3-7-11/h1-9,17H,10H2,(H3,15,16). The Hall–Kier alpha value is -2.34. The fraction of sp³-hybridized carbons (Fsp3) is 0.0714. The predicted molar refractivity (Wildman–Crippen MR) is 80.1 cm³/mol. The van der Waals surface area contributed by atoms with Crippen LogP contribution in [0.3, 0.4) is 0 Å². The van der Waals surface area contributed by atoms with Crippen LogP contribution in [0.15, 0.2) is 54.6 Å². The third-order valence-electron chi connectivity index (χ3n) is 2.68. The van der Waals surface area contributed by atoms with E-state index in [2.05, 4.69) is 4.72 Å². The molecule has 0 heterocycles. The van der Waals surface area contributed by atoms with Crippen molar-refractivity contribution in [2.75, 3.05) is 4.72 Å². The average Bonchev–Trinajstić information content (AvgIpc) is 2.39. The Labute approximate surface area is 118 Å². The van der Waals surface area contributed by atoms with Gasteiger partial charge in [0.05, 0.1) is 11.4 Å². The van der Waals surface area contributed by atoms with E-state index in [4.69, 9.17) is 11.1 Å². The summed E-state index contributed by atoms with van der Waals surface area (Å²) in [4.78, 5) is 0. The number of hydrogen-bond donors (Lipinski definition) is 3. The van der Waals surface area contributed by atoms with Crippen LogP contribution in [0.4, 0.5) is 5.69 Å². The minimum absolute atomic E-state index is 0.125. The molecule has 104 valence electrons. The van der Waals surface area contributed by atoms with Crippen LogP contribution in [0.5, 0.6) is 0 Å². The highest BCUT2D eigenvalue weighted by molar-refractivity contribution is 7.91. The maximum Gasteiger partial charge on any atom is 0.236 e. The van der Waals surface area contributed by atoms with Crippen LogP contribution in [0, 0.1) is 5.41 Å². The molecule has 2 aromatic carbocycles. The zero-order valence-corrected chi connectivity index (χ0v) is 11.5. The monoisotopic (exact) mass is 289 g/mol. The molecule has 0 atom stereocenters. The lowest BCUT2D eigenvalue weighted by Crippen LogP contribution is -2.19. The largest absolute Gasteiger partial charge is 0.384 e. The molecule has 2 aromatic rings. The van der Waals surface area contributed by atoms with Gasteiger partial charge < -0.3 is 5.73 Å². The van der Waals surface area contributed by atoms with Crippen molar-refractivity contribution >= 4 is 21.5 Å². The van der Waals surface area contributed by atoms with E-state index >= 15 is 0 Å². The van der Waals surface area contributed by atoms with Crippen molar-refractivity contribution in [3.8, 4) is 0 Å². The van der Waals surface area contributed by atoms with Crippen molar-refractivity contribution in [3.05, 3.63) is 65.7 Å². The average molecular weight is 289 g/mol. The summed E-state index contributed by atoms with van der Waals surface area (Å²) in [6.45, 7) is 0. The van der Waals surface area contributed by atoms with Gasteiger partial charge in [0.1, 0.15) is 5.84 Å². The number of sulfonamides is 1. The lowest BCUT2D eigenvalue weighted by Gasteiger charge is -2.11. The molecule has 5 nitrogen and oxygen atoms in total. The van der Waals surface area contributed by atoms with Gasteiger partial charge in [-0.1, -0.05) is 42.5 Å². The number of anilines is 1. The molecule has 0 aliphatic carbocycles. The number of amidine groups is 1. The van der Waals surface area contributed by atoms with Crippen LogP contribution >= 0.6 is 0 Å². The van der Waals surface area contributed by atoms with E-state index in [0.29, 0.717) is 16.8 Å². The quantitative estimate of drug-likeness (QED) is 0.579. The molecule has 0 saturated carbocycles. The van der Waals surface area contributed by atoms with Crippen molar-refractivity contribution in [1.82, 2.24) is 0 Å². The Balaban J connectivity index is 2.23. The molecule has 0 spiro atoms. The van der Waals surface area contributed by atoms with Gasteiger partial charge in [-0.25, -0.2) is 8.42 Å². The molecule has 2 rings (SSSR count). The van der Waals surface area contributed by atoms with Crippen molar-refractivity contribution in [3.63, 3.8) is 0 Å². The minimum Gasteiger partial charge on any atom is -0.384 e. The molecule has 4 N–H and O–H groups in total. The van der Waals surface area contributed by atoms with E-state index in [1.54, 1.807) is 48.5 Å². The molecule has 0 unspecified atom stereocenters. The normalized spacial score (nSPS) is 11.0. The van der Waals surface area contributed by atoms with Gasteiger partial charge in [0, 0.05) is 5.56 Å². The summed E-state index contributed by atoms with van der Waals surface area (Å²) in [6.07, 6.45) is 0. The van der Waals surface area contributed by atoms with E-state index in [0.717, 1.165) is 0 Å². The van der Waals surface area contributed by atoms with Gasteiger partial charge in [0.2, 0.25) is 10.0 Å². The summed E-state index contributed by atoms with van der Waals surface area (Å²) in [5.74, 6) is -0.303. The predicted octanol–water partition coefficient (Wildman–Crippen LogP) is 1.91. The Morgan fingerprint density at radius 1 is 1.05 bits per heavy atom. The number of hydrogen-bond acceptors (Lipinski definition) is 3. The van der Waals surface area contributed by atoms with Crippen LogP contribution in [0.25, 0.3) is 0 Å². The molecule has 0 radical (unpaired) electrons. The highest BCUT2D eigenvalue weighted by atomic mass is 32.2. The topological polar surface area (TPSA) is 96.0 Å². The summed E-state index contributed by atoms with van der Waals surface area (Å²) in [5, 5.41) is 7.45. The second-order valence-electron chi connectivity index (χ2n) is 4.31. The smallest absolute Gasteiger partial charge is 0.236 e. The molecule has 0 aliphatic rings. The first-order chi connectivity index (χ1) is 9.48. The molecule has 0 aromatic heterocycles. The first kappa shape index (κ1) is 14.1. The summed E-state index contributed by atoms with van der Waals surface area (Å²) in [6, 6.07) is 15.5. The van der Waals surface area contributed by atoms with Gasteiger partial charge in [-0.05, 0) is 17.7 Å². The number of nitrogen functional groups attached to an aromatic ring is 1. The van der Waals surface area contributed by atoms with Crippen molar-refractivity contribution < 1.29 is 8.42 Å². The third kappa shape index (κ3) is 3.58.